The van der Waals surface area contributed by atoms with Crippen LogP contribution in [0.3, 0.4) is 0 Å². The van der Waals surface area contributed by atoms with Gasteiger partial charge in [-0.15, -0.1) is 0 Å². The Morgan fingerprint density at radius 3 is 2.61 bits per heavy atom. The monoisotopic (exact) mass is 444 g/mol. The van der Waals surface area contributed by atoms with Gasteiger partial charge >= 0.3 is 0 Å². The van der Waals surface area contributed by atoms with Crippen LogP contribution >= 0.6 is 11.6 Å². The molecular weight excluding hydrogens is 416 g/mol. The lowest BCUT2D eigenvalue weighted by atomic mass is 9.90. The van der Waals surface area contributed by atoms with Crippen molar-refractivity contribution in [1.82, 2.24) is 9.80 Å². The molecule has 7 heteroatoms. The summed E-state index contributed by atoms with van der Waals surface area (Å²) in [5.41, 5.74) is 1.00. The molecule has 0 aromatic heterocycles. The van der Waals surface area contributed by atoms with Crippen molar-refractivity contribution in [2.24, 2.45) is 0 Å². The molecule has 0 bridgehead atoms. The molecule has 0 unspecified atom stereocenters. The van der Waals surface area contributed by atoms with Crippen LogP contribution in [0.25, 0.3) is 0 Å². The Morgan fingerprint density at radius 1 is 1.06 bits per heavy atom. The number of morpholine rings is 1. The SMILES string of the molecule is COc1cccc([C@@H]2[C@@H](Oc3ccccc3Cl)C(=O)N2CCCCN2CCOCC2)c1. The van der Waals surface area contributed by atoms with Gasteiger partial charge in [0.2, 0.25) is 6.10 Å². The van der Waals surface area contributed by atoms with Crippen LogP contribution in [0.5, 0.6) is 11.5 Å². The molecule has 0 N–H and O–H groups in total. The number of ether oxygens (including phenoxy) is 3. The zero-order chi connectivity index (χ0) is 21.6. The molecule has 0 aliphatic carbocycles. The third kappa shape index (κ3) is 5.14. The molecule has 2 fully saturated rings. The summed E-state index contributed by atoms with van der Waals surface area (Å²) >= 11 is 6.27. The van der Waals surface area contributed by atoms with Crippen LogP contribution in [0.15, 0.2) is 48.5 Å². The Labute approximate surface area is 188 Å². The summed E-state index contributed by atoms with van der Waals surface area (Å²) in [7, 11) is 1.65. The van der Waals surface area contributed by atoms with E-state index in [1.807, 2.05) is 41.3 Å². The molecule has 2 saturated heterocycles. The van der Waals surface area contributed by atoms with E-state index in [0.717, 1.165) is 57.0 Å². The quantitative estimate of drug-likeness (QED) is 0.435. The van der Waals surface area contributed by atoms with Gasteiger partial charge in [-0.05, 0) is 49.2 Å². The van der Waals surface area contributed by atoms with Gasteiger partial charge in [0, 0.05) is 19.6 Å². The predicted octanol–water partition coefficient (Wildman–Crippen LogP) is 3.79. The predicted molar refractivity (Wildman–Crippen MR) is 120 cm³/mol. The van der Waals surface area contributed by atoms with Crippen molar-refractivity contribution in [3.8, 4) is 11.5 Å². The van der Waals surface area contributed by atoms with Crippen molar-refractivity contribution in [1.29, 1.82) is 0 Å². The van der Waals surface area contributed by atoms with Gasteiger partial charge in [0.25, 0.3) is 5.91 Å². The van der Waals surface area contributed by atoms with E-state index in [0.29, 0.717) is 17.3 Å². The van der Waals surface area contributed by atoms with E-state index in [1.54, 1.807) is 19.2 Å². The molecule has 2 heterocycles. The standard InChI is InChI=1S/C24H29ClN2O4/c1-29-19-8-6-7-18(17-19)22-23(31-21-10-3-2-9-20(21)25)24(28)27(22)12-5-4-11-26-13-15-30-16-14-26/h2-3,6-10,17,22-23H,4-5,11-16H2,1H3/t22-,23-/m1/s1. The van der Waals surface area contributed by atoms with Crippen molar-refractivity contribution in [2.75, 3.05) is 46.5 Å². The lowest BCUT2D eigenvalue weighted by Crippen LogP contribution is -2.61. The fourth-order valence-electron chi connectivity index (χ4n) is 4.18. The van der Waals surface area contributed by atoms with Crippen LogP contribution in [0.4, 0.5) is 0 Å². The number of carbonyl (C=O) groups is 1. The smallest absolute Gasteiger partial charge is 0.266 e. The summed E-state index contributed by atoms with van der Waals surface area (Å²) in [5.74, 6) is 1.29. The number of methoxy groups -OCH3 is 1. The summed E-state index contributed by atoms with van der Waals surface area (Å²) in [6.45, 7) is 5.33. The molecule has 1 amide bonds. The Hall–Kier alpha value is -2.28. The maximum Gasteiger partial charge on any atom is 0.266 e. The van der Waals surface area contributed by atoms with Crippen LogP contribution in [0, 0.1) is 0 Å². The van der Waals surface area contributed by atoms with E-state index >= 15 is 0 Å². The third-order valence-electron chi connectivity index (χ3n) is 5.90. The van der Waals surface area contributed by atoms with E-state index in [2.05, 4.69) is 4.90 Å². The number of nitrogens with zero attached hydrogens (tertiary/aromatic N) is 2. The highest BCUT2D eigenvalue weighted by molar-refractivity contribution is 6.32. The minimum atomic E-state index is -0.591. The zero-order valence-electron chi connectivity index (χ0n) is 17.8. The maximum absolute atomic E-state index is 13.0. The van der Waals surface area contributed by atoms with E-state index in [4.69, 9.17) is 25.8 Å². The van der Waals surface area contributed by atoms with E-state index in [9.17, 15) is 4.79 Å². The van der Waals surface area contributed by atoms with Crippen molar-refractivity contribution < 1.29 is 19.0 Å². The molecule has 2 aromatic carbocycles. The molecule has 2 aliphatic heterocycles. The maximum atomic E-state index is 13.0. The molecular formula is C24H29ClN2O4. The molecule has 0 radical (unpaired) electrons. The summed E-state index contributed by atoms with van der Waals surface area (Å²) in [5, 5.41) is 0.503. The third-order valence-corrected chi connectivity index (χ3v) is 6.21. The topological polar surface area (TPSA) is 51.2 Å². The Bertz CT molecular complexity index is 887. The van der Waals surface area contributed by atoms with Gasteiger partial charge in [-0.2, -0.15) is 0 Å². The highest BCUT2D eigenvalue weighted by Crippen LogP contribution is 2.40. The zero-order valence-corrected chi connectivity index (χ0v) is 18.6. The molecule has 4 rings (SSSR count). The van der Waals surface area contributed by atoms with Crippen molar-refractivity contribution in [3.63, 3.8) is 0 Å². The Kier molecular flexibility index (Phi) is 7.33. The van der Waals surface area contributed by atoms with Gasteiger partial charge in [0.1, 0.15) is 17.5 Å². The molecule has 166 valence electrons. The van der Waals surface area contributed by atoms with Gasteiger partial charge < -0.3 is 19.1 Å². The second-order valence-corrected chi connectivity index (χ2v) is 8.29. The first-order chi connectivity index (χ1) is 15.2. The first kappa shape index (κ1) is 21.9. The molecule has 2 aliphatic rings. The summed E-state index contributed by atoms with van der Waals surface area (Å²) in [6, 6.07) is 14.9. The van der Waals surface area contributed by atoms with Crippen molar-refractivity contribution >= 4 is 17.5 Å². The Morgan fingerprint density at radius 2 is 1.84 bits per heavy atom. The van der Waals surface area contributed by atoms with Crippen molar-refractivity contribution in [3.05, 3.63) is 59.1 Å². The van der Waals surface area contributed by atoms with Gasteiger partial charge in [-0.3, -0.25) is 9.69 Å². The molecule has 0 spiro atoms. The van der Waals surface area contributed by atoms with Crippen LogP contribution in [-0.4, -0.2) is 68.3 Å². The average Bonchev–Trinajstić information content (AvgIpc) is 2.81. The highest BCUT2D eigenvalue weighted by atomic mass is 35.5. The summed E-state index contributed by atoms with van der Waals surface area (Å²) in [6.07, 6.45) is 1.40. The molecule has 31 heavy (non-hydrogen) atoms. The van der Waals surface area contributed by atoms with Crippen LogP contribution in [-0.2, 0) is 9.53 Å². The van der Waals surface area contributed by atoms with E-state index < -0.39 is 6.10 Å². The normalized spacial score (nSPS) is 21.6. The second kappa shape index (κ2) is 10.4. The fourth-order valence-corrected chi connectivity index (χ4v) is 4.36. The van der Waals surface area contributed by atoms with Crippen molar-refractivity contribution in [2.45, 2.75) is 25.0 Å². The number of rotatable bonds is 9. The lowest BCUT2D eigenvalue weighted by Gasteiger charge is -2.47. The van der Waals surface area contributed by atoms with Crippen LogP contribution in [0.2, 0.25) is 5.02 Å². The number of hydrogen-bond acceptors (Lipinski definition) is 5. The van der Waals surface area contributed by atoms with Gasteiger partial charge in [0.15, 0.2) is 0 Å². The highest BCUT2D eigenvalue weighted by Gasteiger charge is 2.50. The van der Waals surface area contributed by atoms with E-state index in [1.165, 1.54) is 0 Å². The van der Waals surface area contributed by atoms with Crippen LogP contribution < -0.4 is 9.47 Å². The number of unbranched alkanes of at least 4 members (excludes halogenated alkanes) is 1. The molecule has 0 saturated carbocycles. The van der Waals surface area contributed by atoms with Gasteiger partial charge in [-0.25, -0.2) is 0 Å². The summed E-state index contributed by atoms with van der Waals surface area (Å²) < 4.78 is 16.9. The number of hydrogen-bond donors (Lipinski definition) is 0. The number of amides is 1. The second-order valence-electron chi connectivity index (χ2n) is 7.88. The van der Waals surface area contributed by atoms with E-state index in [-0.39, 0.29) is 11.9 Å². The first-order valence-corrected chi connectivity index (χ1v) is 11.2. The first-order valence-electron chi connectivity index (χ1n) is 10.8. The average molecular weight is 445 g/mol. The molecule has 2 aromatic rings. The largest absolute Gasteiger partial charge is 0.497 e. The Balaban J connectivity index is 1.43. The minimum absolute atomic E-state index is 0.000822. The molecule has 6 nitrogen and oxygen atoms in total. The van der Waals surface area contributed by atoms with Gasteiger partial charge in [-0.1, -0.05) is 35.9 Å². The van der Waals surface area contributed by atoms with Crippen LogP contribution in [0.1, 0.15) is 24.4 Å². The summed E-state index contributed by atoms with van der Waals surface area (Å²) in [4.78, 5) is 17.3. The number of benzene rings is 2. The fraction of sp³-hybridized carbons (Fsp3) is 0.458. The minimum Gasteiger partial charge on any atom is -0.497 e. The number of likely N-dealkylation sites (tertiary alicyclic amines) is 1. The lowest BCUT2D eigenvalue weighted by molar-refractivity contribution is -0.164. The van der Waals surface area contributed by atoms with Gasteiger partial charge in [0.05, 0.1) is 25.3 Å². The number of halogens is 1. The number of carbonyl (C=O) groups excluding carboxylic acids is 1. The molecule has 2 atom stereocenters. The number of para-hydroxylation sites is 1. The number of β-lactam (4-membered cyclic amide) rings is 1.